The highest BCUT2D eigenvalue weighted by atomic mass is 16.5. The molecule has 1 saturated heterocycles. The van der Waals surface area contributed by atoms with Crippen molar-refractivity contribution in [3.63, 3.8) is 0 Å². The van der Waals surface area contributed by atoms with Gasteiger partial charge in [0.25, 0.3) is 0 Å². The van der Waals surface area contributed by atoms with Crippen molar-refractivity contribution < 1.29 is 4.74 Å². The molecule has 0 unspecified atom stereocenters. The summed E-state index contributed by atoms with van der Waals surface area (Å²) in [6, 6.07) is 10.4. The summed E-state index contributed by atoms with van der Waals surface area (Å²) in [5.41, 5.74) is 2.28. The van der Waals surface area contributed by atoms with Crippen molar-refractivity contribution in [2.75, 3.05) is 6.61 Å². The summed E-state index contributed by atoms with van der Waals surface area (Å²) in [5, 5.41) is 4.60. The van der Waals surface area contributed by atoms with Crippen LogP contribution in [0.1, 0.15) is 11.6 Å². The van der Waals surface area contributed by atoms with Gasteiger partial charge < -0.3 is 10.1 Å². The molecule has 1 aliphatic heterocycles. The molecule has 2 heteroatoms. The average molecular weight is 210 g/mol. The van der Waals surface area contributed by atoms with Crippen LogP contribution in [-0.4, -0.2) is 6.61 Å². The third kappa shape index (κ3) is 1.63. The monoisotopic (exact) mass is 210 g/mol. The van der Waals surface area contributed by atoms with Gasteiger partial charge in [0.1, 0.15) is 0 Å². The van der Waals surface area contributed by atoms with Crippen LogP contribution in [0, 0.1) is 0 Å². The highest BCUT2D eigenvalue weighted by Crippen LogP contribution is 2.36. The lowest BCUT2D eigenvalue weighted by Crippen LogP contribution is -1.94. The van der Waals surface area contributed by atoms with Crippen molar-refractivity contribution >= 4 is 0 Å². The first kappa shape index (κ1) is 9.28. The lowest BCUT2D eigenvalue weighted by Gasteiger charge is -2.21. The normalized spacial score (nSPS) is 22.4. The van der Waals surface area contributed by atoms with E-state index in [2.05, 4.69) is 17.4 Å². The van der Waals surface area contributed by atoms with Gasteiger partial charge in [-0.05, 0) is 5.57 Å². The molecule has 0 aromatic heterocycles. The van der Waals surface area contributed by atoms with Crippen LogP contribution in [0.2, 0.25) is 0 Å². The molecule has 1 aliphatic carbocycles. The van der Waals surface area contributed by atoms with Crippen molar-refractivity contribution in [1.29, 1.82) is 0 Å². The molecule has 2 aliphatic rings. The summed E-state index contributed by atoms with van der Waals surface area (Å²) in [5.74, 6) is 0.763. The second-order valence-electron chi connectivity index (χ2n) is 3.85. The van der Waals surface area contributed by atoms with E-state index in [1.807, 2.05) is 42.5 Å². The molecule has 0 radical (unpaired) electrons. The number of benzene rings is 1. The largest absolute Gasteiger partial charge is 0.645 e. The van der Waals surface area contributed by atoms with Crippen molar-refractivity contribution in [2.45, 2.75) is 6.04 Å². The van der Waals surface area contributed by atoms with Crippen LogP contribution in [0.5, 0.6) is 0 Å². The van der Waals surface area contributed by atoms with Gasteiger partial charge in [0.05, 0.1) is 6.61 Å². The van der Waals surface area contributed by atoms with Gasteiger partial charge in [-0.15, -0.1) is 0 Å². The fourth-order valence-electron chi connectivity index (χ4n) is 1.89. The van der Waals surface area contributed by atoms with Crippen LogP contribution in [0.15, 0.2) is 66.1 Å². The minimum absolute atomic E-state index is 0.145. The number of ether oxygens (including phenoxy) is 1. The summed E-state index contributed by atoms with van der Waals surface area (Å²) < 4.78 is 5.61. The Morgan fingerprint density at radius 3 is 2.56 bits per heavy atom. The van der Waals surface area contributed by atoms with Crippen molar-refractivity contribution in [3.8, 4) is 0 Å². The number of rotatable bonds is 1. The molecule has 0 amide bonds. The Morgan fingerprint density at radius 1 is 1.06 bits per heavy atom. The standard InChI is InChI=1S/C14H12NO/c1-2-6-11(7-3-1)13-10-16-14(15-13)12-8-4-5-9-12/h1-9,13H,10H2/q-1/t13-/m1/s1. The number of hydrogen-bond acceptors (Lipinski definition) is 1. The fraction of sp³-hybridized carbons (Fsp3) is 0.143. The van der Waals surface area contributed by atoms with Crippen LogP contribution in [-0.2, 0) is 4.74 Å². The topological polar surface area (TPSA) is 23.3 Å². The van der Waals surface area contributed by atoms with E-state index in [1.54, 1.807) is 0 Å². The smallest absolute Gasteiger partial charge is 0.0764 e. The van der Waals surface area contributed by atoms with E-state index < -0.39 is 0 Å². The Kier molecular flexibility index (Phi) is 2.26. The Balaban J connectivity index is 1.82. The SMILES string of the molecule is C1=CC(=C2[N-][C@@H](c3ccccc3)CO2)C=C1. The van der Waals surface area contributed by atoms with E-state index in [4.69, 9.17) is 4.74 Å². The summed E-state index contributed by atoms with van der Waals surface area (Å²) in [7, 11) is 0. The highest BCUT2D eigenvalue weighted by Gasteiger charge is 2.12. The van der Waals surface area contributed by atoms with Gasteiger partial charge in [0.2, 0.25) is 0 Å². The number of hydrogen-bond donors (Lipinski definition) is 0. The maximum Gasteiger partial charge on any atom is 0.0764 e. The maximum absolute atomic E-state index is 5.61. The quantitative estimate of drug-likeness (QED) is 0.696. The zero-order valence-electron chi connectivity index (χ0n) is 8.84. The van der Waals surface area contributed by atoms with Crippen molar-refractivity contribution in [2.24, 2.45) is 0 Å². The van der Waals surface area contributed by atoms with E-state index >= 15 is 0 Å². The van der Waals surface area contributed by atoms with Crippen LogP contribution in [0.4, 0.5) is 0 Å². The molecular weight excluding hydrogens is 198 g/mol. The number of nitrogens with zero attached hydrogens (tertiary/aromatic N) is 1. The average Bonchev–Trinajstić information content (AvgIpc) is 3.01. The van der Waals surface area contributed by atoms with Gasteiger partial charge in [-0.1, -0.05) is 66.2 Å². The predicted octanol–water partition coefficient (Wildman–Crippen LogP) is 3.47. The molecular formula is C14H12NO-. The molecule has 1 aromatic rings. The summed E-state index contributed by atoms with van der Waals surface area (Å²) in [6.07, 6.45) is 8.03. The summed E-state index contributed by atoms with van der Waals surface area (Å²) in [4.78, 5) is 0. The van der Waals surface area contributed by atoms with Gasteiger partial charge in [-0.25, -0.2) is 0 Å². The molecule has 2 nitrogen and oxygen atoms in total. The van der Waals surface area contributed by atoms with E-state index in [0.29, 0.717) is 6.61 Å². The first-order chi connectivity index (χ1) is 7.93. The Hall–Kier alpha value is -1.96. The summed E-state index contributed by atoms with van der Waals surface area (Å²) in [6.45, 7) is 0.643. The van der Waals surface area contributed by atoms with Crippen LogP contribution in [0.3, 0.4) is 0 Å². The summed E-state index contributed by atoms with van der Waals surface area (Å²) >= 11 is 0. The first-order valence-electron chi connectivity index (χ1n) is 5.41. The third-order valence-electron chi connectivity index (χ3n) is 2.74. The molecule has 0 N–H and O–H groups in total. The van der Waals surface area contributed by atoms with Gasteiger partial charge in [-0.3, -0.25) is 0 Å². The second-order valence-corrected chi connectivity index (χ2v) is 3.85. The van der Waals surface area contributed by atoms with E-state index in [1.165, 1.54) is 5.56 Å². The maximum atomic E-state index is 5.61. The van der Waals surface area contributed by atoms with Gasteiger partial charge in [0, 0.05) is 5.88 Å². The molecule has 0 bridgehead atoms. The van der Waals surface area contributed by atoms with Crippen LogP contribution in [0.25, 0.3) is 5.32 Å². The lowest BCUT2D eigenvalue weighted by atomic mass is 10.1. The zero-order valence-corrected chi connectivity index (χ0v) is 8.84. The highest BCUT2D eigenvalue weighted by molar-refractivity contribution is 5.47. The minimum Gasteiger partial charge on any atom is -0.645 e. The van der Waals surface area contributed by atoms with E-state index in [0.717, 1.165) is 11.5 Å². The zero-order chi connectivity index (χ0) is 10.8. The van der Waals surface area contributed by atoms with Gasteiger partial charge >= 0.3 is 0 Å². The van der Waals surface area contributed by atoms with Crippen molar-refractivity contribution in [3.05, 3.63) is 77.0 Å². The molecule has 80 valence electrons. The molecule has 1 fully saturated rings. The minimum atomic E-state index is 0.145. The Morgan fingerprint density at radius 2 is 1.81 bits per heavy atom. The predicted molar refractivity (Wildman–Crippen MR) is 63.8 cm³/mol. The second kappa shape index (κ2) is 3.89. The molecule has 0 saturated carbocycles. The number of allylic oxidation sites excluding steroid dienone is 5. The Labute approximate surface area is 94.9 Å². The van der Waals surface area contributed by atoms with Gasteiger partial charge in [-0.2, -0.15) is 0 Å². The molecule has 1 atom stereocenters. The molecule has 1 heterocycles. The van der Waals surface area contributed by atoms with Gasteiger partial charge in [0.15, 0.2) is 0 Å². The Bertz CT molecular complexity index is 457. The molecule has 16 heavy (non-hydrogen) atoms. The molecule has 3 rings (SSSR count). The lowest BCUT2D eigenvalue weighted by molar-refractivity contribution is 0.255. The molecule has 1 aromatic carbocycles. The first-order valence-corrected chi connectivity index (χ1v) is 5.41. The van der Waals surface area contributed by atoms with Crippen LogP contribution >= 0.6 is 0 Å². The van der Waals surface area contributed by atoms with Crippen molar-refractivity contribution in [1.82, 2.24) is 0 Å². The van der Waals surface area contributed by atoms with E-state index in [9.17, 15) is 0 Å². The fourth-order valence-corrected chi connectivity index (χ4v) is 1.89. The van der Waals surface area contributed by atoms with Crippen LogP contribution < -0.4 is 0 Å². The molecule has 0 spiro atoms. The third-order valence-corrected chi connectivity index (χ3v) is 2.74. The van der Waals surface area contributed by atoms with E-state index in [-0.39, 0.29) is 6.04 Å².